The van der Waals surface area contributed by atoms with Crippen molar-refractivity contribution >= 4 is 6.29 Å². The summed E-state index contributed by atoms with van der Waals surface area (Å²) in [5.41, 5.74) is -0.839. The molecular weight excluding hydrogens is 168 g/mol. The van der Waals surface area contributed by atoms with Gasteiger partial charge in [0.2, 0.25) is 0 Å². The highest BCUT2D eigenvalue weighted by Gasteiger charge is 2.32. The zero-order valence-corrected chi connectivity index (χ0v) is 7.32. The predicted molar refractivity (Wildman–Crippen MR) is 47.0 cm³/mol. The fraction of sp³-hybridized carbons (Fsp3) is 0.300. The number of hydrogen-bond acceptors (Lipinski definition) is 3. The zero-order valence-electron chi connectivity index (χ0n) is 7.32. The SMILES string of the molecule is CC1(C=O)COc2ccccc2O1. The first-order valence-electron chi connectivity index (χ1n) is 4.11. The smallest absolute Gasteiger partial charge is 0.195 e. The number of carbonyl (C=O) groups is 1. The van der Waals surface area contributed by atoms with Crippen LogP contribution in [0.5, 0.6) is 11.5 Å². The Balaban J connectivity index is 2.34. The minimum absolute atomic E-state index is 0.271. The van der Waals surface area contributed by atoms with Crippen LogP contribution in [0.1, 0.15) is 6.92 Å². The molecule has 0 aliphatic carbocycles. The lowest BCUT2D eigenvalue weighted by molar-refractivity contribution is -0.124. The lowest BCUT2D eigenvalue weighted by Gasteiger charge is -2.30. The molecule has 0 radical (unpaired) electrons. The molecular formula is C10H10O3. The fourth-order valence-electron chi connectivity index (χ4n) is 1.21. The Kier molecular flexibility index (Phi) is 1.72. The molecule has 3 heteroatoms. The molecule has 0 saturated carbocycles. The molecule has 1 atom stereocenters. The van der Waals surface area contributed by atoms with Crippen LogP contribution < -0.4 is 9.47 Å². The van der Waals surface area contributed by atoms with Crippen LogP contribution in [0.3, 0.4) is 0 Å². The van der Waals surface area contributed by atoms with Crippen LogP contribution in [0.15, 0.2) is 24.3 Å². The molecule has 0 aromatic heterocycles. The normalized spacial score (nSPS) is 25.3. The van der Waals surface area contributed by atoms with Crippen molar-refractivity contribution in [3.63, 3.8) is 0 Å². The standard InChI is InChI=1S/C10H10O3/c1-10(6-11)7-12-8-4-2-3-5-9(8)13-10/h2-6H,7H2,1H3. The number of rotatable bonds is 1. The van der Waals surface area contributed by atoms with Crippen LogP contribution >= 0.6 is 0 Å². The van der Waals surface area contributed by atoms with Gasteiger partial charge in [0.1, 0.15) is 6.61 Å². The molecule has 0 amide bonds. The lowest BCUT2D eigenvalue weighted by atomic mass is 10.1. The van der Waals surface area contributed by atoms with Gasteiger partial charge in [-0.2, -0.15) is 0 Å². The summed E-state index contributed by atoms with van der Waals surface area (Å²) in [7, 11) is 0. The molecule has 68 valence electrons. The summed E-state index contributed by atoms with van der Waals surface area (Å²) in [5.74, 6) is 1.32. The van der Waals surface area contributed by atoms with Crippen molar-refractivity contribution in [1.29, 1.82) is 0 Å². The molecule has 2 rings (SSSR count). The Morgan fingerprint density at radius 1 is 1.38 bits per heavy atom. The predicted octanol–water partition coefficient (Wildman–Crippen LogP) is 1.42. The molecule has 1 heterocycles. The monoisotopic (exact) mass is 178 g/mol. The largest absolute Gasteiger partial charge is 0.485 e. The first-order chi connectivity index (χ1) is 6.23. The molecule has 0 bridgehead atoms. The topological polar surface area (TPSA) is 35.5 Å². The molecule has 3 nitrogen and oxygen atoms in total. The average Bonchev–Trinajstić information content (AvgIpc) is 2.18. The summed E-state index contributed by atoms with van der Waals surface area (Å²) in [6.45, 7) is 1.98. The highest BCUT2D eigenvalue weighted by molar-refractivity contribution is 5.64. The minimum Gasteiger partial charge on any atom is -0.485 e. The van der Waals surface area contributed by atoms with Gasteiger partial charge < -0.3 is 9.47 Å². The van der Waals surface area contributed by atoms with Crippen LogP contribution in [0.4, 0.5) is 0 Å². The van der Waals surface area contributed by atoms with E-state index in [0.717, 1.165) is 6.29 Å². The van der Waals surface area contributed by atoms with Gasteiger partial charge in [0.25, 0.3) is 0 Å². The summed E-state index contributed by atoms with van der Waals surface area (Å²) >= 11 is 0. The molecule has 0 saturated heterocycles. The Bertz CT molecular complexity index is 335. The van der Waals surface area contributed by atoms with E-state index in [2.05, 4.69) is 0 Å². The van der Waals surface area contributed by atoms with Crippen molar-refractivity contribution in [3.8, 4) is 11.5 Å². The molecule has 1 aliphatic heterocycles. The molecule has 0 N–H and O–H groups in total. The van der Waals surface area contributed by atoms with Gasteiger partial charge in [0.15, 0.2) is 23.4 Å². The second-order valence-corrected chi connectivity index (χ2v) is 3.27. The molecule has 1 aromatic rings. The van der Waals surface area contributed by atoms with E-state index in [1.54, 1.807) is 13.0 Å². The molecule has 1 unspecified atom stereocenters. The van der Waals surface area contributed by atoms with Crippen LogP contribution in [0, 0.1) is 0 Å². The number of hydrogen-bond donors (Lipinski definition) is 0. The summed E-state index contributed by atoms with van der Waals surface area (Å²) in [4.78, 5) is 10.7. The first kappa shape index (κ1) is 8.10. The summed E-state index contributed by atoms with van der Waals surface area (Å²) in [5, 5.41) is 0. The highest BCUT2D eigenvalue weighted by Crippen LogP contribution is 2.33. The van der Waals surface area contributed by atoms with Crippen molar-refractivity contribution in [2.45, 2.75) is 12.5 Å². The second kappa shape index (κ2) is 2.76. The molecule has 0 fully saturated rings. The van der Waals surface area contributed by atoms with E-state index in [4.69, 9.17) is 9.47 Å². The average molecular weight is 178 g/mol. The van der Waals surface area contributed by atoms with E-state index in [1.165, 1.54) is 0 Å². The number of para-hydroxylation sites is 2. The van der Waals surface area contributed by atoms with Gasteiger partial charge in [-0.3, -0.25) is 4.79 Å². The van der Waals surface area contributed by atoms with Gasteiger partial charge in [-0.1, -0.05) is 12.1 Å². The van der Waals surface area contributed by atoms with Gasteiger partial charge in [-0.25, -0.2) is 0 Å². The maximum Gasteiger partial charge on any atom is 0.195 e. The summed E-state index contributed by atoms with van der Waals surface area (Å²) in [6, 6.07) is 7.32. The molecule has 1 aliphatic rings. The number of aldehydes is 1. The van der Waals surface area contributed by atoms with Crippen molar-refractivity contribution < 1.29 is 14.3 Å². The van der Waals surface area contributed by atoms with Gasteiger partial charge in [0.05, 0.1) is 0 Å². The molecule has 13 heavy (non-hydrogen) atoms. The summed E-state index contributed by atoms with van der Waals surface area (Å²) < 4.78 is 10.8. The van der Waals surface area contributed by atoms with Gasteiger partial charge in [0, 0.05) is 0 Å². The maximum atomic E-state index is 10.7. The third kappa shape index (κ3) is 1.37. The number of carbonyl (C=O) groups excluding carboxylic acids is 1. The van der Waals surface area contributed by atoms with Crippen LogP contribution in [0.25, 0.3) is 0 Å². The van der Waals surface area contributed by atoms with E-state index < -0.39 is 5.60 Å². The molecule has 1 aromatic carbocycles. The second-order valence-electron chi connectivity index (χ2n) is 3.27. The van der Waals surface area contributed by atoms with Crippen molar-refractivity contribution in [2.75, 3.05) is 6.61 Å². The van der Waals surface area contributed by atoms with E-state index in [1.807, 2.05) is 18.2 Å². The van der Waals surface area contributed by atoms with E-state index in [0.29, 0.717) is 11.5 Å². The van der Waals surface area contributed by atoms with Crippen molar-refractivity contribution in [3.05, 3.63) is 24.3 Å². The van der Waals surface area contributed by atoms with E-state index in [9.17, 15) is 4.79 Å². The van der Waals surface area contributed by atoms with Crippen molar-refractivity contribution in [2.24, 2.45) is 0 Å². The Morgan fingerprint density at radius 3 is 2.77 bits per heavy atom. The zero-order chi connectivity index (χ0) is 9.31. The summed E-state index contributed by atoms with van der Waals surface area (Å²) in [6.07, 6.45) is 0.767. The highest BCUT2D eigenvalue weighted by atomic mass is 16.6. The Labute approximate surface area is 76.3 Å². The fourth-order valence-corrected chi connectivity index (χ4v) is 1.21. The van der Waals surface area contributed by atoms with E-state index in [-0.39, 0.29) is 6.61 Å². The number of benzene rings is 1. The van der Waals surface area contributed by atoms with Crippen LogP contribution in [-0.2, 0) is 4.79 Å². The quantitative estimate of drug-likeness (QED) is 0.610. The minimum atomic E-state index is -0.839. The van der Waals surface area contributed by atoms with Crippen molar-refractivity contribution in [1.82, 2.24) is 0 Å². The van der Waals surface area contributed by atoms with E-state index >= 15 is 0 Å². The Hall–Kier alpha value is -1.51. The third-order valence-electron chi connectivity index (χ3n) is 1.96. The van der Waals surface area contributed by atoms with Gasteiger partial charge in [-0.05, 0) is 19.1 Å². The van der Waals surface area contributed by atoms with Crippen LogP contribution in [0.2, 0.25) is 0 Å². The van der Waals surface area contributed by atoms with Gasteiger partial charge >= 0.3 is 0 Å². The number of fused-ring (bicyclic) bond motifs is 1. The lowest BCUT2D eigenvalue weighted by Crippen LogP contribution is -2.43. The number of ether oxygens (including phenoxy) is 2. The first-order valence-corrected chi connectivity index (χ1v) is 4.11. The van der Waals surface area contributed by atoms with Crippen LogP contribution in [-0.4, -0.2) is 18.5 Å². The Morgan fingerprint density at radius 2 is 2.08 bits per heavy atom. The maximum absolute atomic E-state index is 10.7. The third-order valence-corrected chi connectivity index (χ3v) is 1.96. The van der Waals surface area contributed by atoms with Gasteiger partial charge in [-0.15, -0.1) is 0 Å². The molecule has 0 spiro atoms.